The van der Waals surface area contributed by atoms with E-state index in [0.717, 1.165) is 18.6 Å². The van der Waals surface area contributed by atoms with Crippen LogP contribution in [0.5, 0.6) is 0 Å². The van der Waals surface area contributed by atoms with Crippen LogP contribution in [0.3, 0.4) is 0 Å². The molecule has 0 bridgehead atoms. The number of carbonyl (C=O) groups is 1. The number of nitrogens with one attached hydrogen (secondary N) is 1. The van der Waals surface area contributed by atoms with E-state index in [4.69, 9.17) is 0 Å². The van der Waals surface area contributed by atoms with Gasteiger partial charge in [-0.05, 0) is 6.42 Å². The summed E-state index contributed by atoms with van der Waals surface area (Å²) in [7, 11) is 1.65. The number of amides is 1. The van der Waals surface area contributed by atoms with Crippen molar-refractivity contribution in [2.24, 2.45) is 0 Å². The lowest BCUT2D eigenvalue weighted by Gasteiger charge is -1.95. The van der Waals surface area contributed by atoms with Gasteiger partial charge < -0.3 is 5.32 Å². The molecule has 0 radical (unpaired) electrons. The molecule has 0 rings (SSSR count). The van der Waals surface area contributed by atoms with E-state index >= 15 is 0 Å². The second-order valence-corrected chi connectivity index (χ2v) is 2.81. The summed E-state index contributed by atoms with van der Waals surface area (Å²) in [5.41, 5.74) is 0. The van der Waals surface area contributed by atoms with E-state index < -0.39 is 0 Å². The first-order valence-corrected chi connectivity index (χ1v) is 4.14. The fourth-order valence-electron chi connectivity index (χ4n) is 0.381. The third-order valence-electron chi connectivity index (χ3n) is 0.935. The van der Waals surface area contributed by atoms with Gasteiger partial charge in [0.25, 0.3) is 5.24 Å². The summed E-state index contributed by atoms with van der Waals surface area (Å²) in [4.78, 5) is 10.5. The smallest absolute Gasteiger partial charge is 0.278 e. The molecule has 3 heteroatoms. The van der Waals surface area contributed by atoms with Crippen LogP contribution in [0.25, 0.3) is 0 Å². The highest BCUT2D eigenvalue weighted by molar-refractivity contribution is 8.13. The molecule has 0 aromatic heterocycles. The van der Waals surface area contributed by atoms with Crippen LogP contribution in [0, 0.1) is 0 Å². The van der Waals surface area contributed by atoms with Crippen LogP contribution in [0.1, 0.15) is 19.8 Å². The number of hydrogen-bond acceptors (Lipinski definition) is 2. The van der Waals surface area contributed by atoms with Crippen LogP contribution in [-0.2, 0) is 0 Å². The van der Waals surface area contributed by atoms with Crippen LogP contribution < -0.4 is 5.32 Å². The van der Waals surface area contributed by atoms with Crippen molar-refractivity contribution in [2.75, 3.05) is 12.8 Å². The first-order chi connectivity index (χ1) is 4.31. The molecule has 0 spiro atoms. The van der Waals surface area contributed by atoms with Crippen molar-refractivity contribution in [1.29, 1.82) is 0 Å². The maximum absolute atomic E-state index is 10.5. The van der Waals surface area contributed by atoms with Crippen molar-refractivity contribution >= 4 is 17.0 Å². The number of carbonyl (C=O) groups excluding carboxylic acids is 1. The molecular formula is C6H13NOS. The third-order valence-corrected chi connectivity index (χ3v) is 1.89. The zero-order valence-electron chi connectivity index (χ0n) is 5.94. The molecule has 1 N–H and O–H groups in total. The fraction of sp³-hybridized carbons (Fsp3) is 0.833. The molecule has 54 valence electrons. The topological polar surface area (TPSA) is 29.1 Å². The van der Waals surface area contributed by atoms with E-state index in [1.165, 1.54) is 11.8 Å². The molecular weight excluding hydrogens is 134 g/mol. The monoisotopic (exact) mass is 147 g/mol. The fourth-order valence-corrected chi connectivity index (χ4v) is 1.14. The predicted molar refractivity (Wildman–Crippen MR) is 41.8 cm³/mol. The van der Waals surface area contributed by atoms with Gasteiger partial charge >= 0.3 is 0 Å². The normalized spacial score (nSPS) is 9.11. The van der Waals surface area contributed by atoms with E-state index in [2.05, 4.69) is 12.2 Å². The highest BCUT2D eigenvalue weighted by Crippen LogP contribution is 2.03. The zero-order valence-corrected chi connectivity index (χ0v) is 6.75. The van der Waals surface area contributed by atoms with E-state index in [1.54, 1.807) is 7.05 Å². The third kappa shape index (κ3) is 5.69. The standard InChI is InChI=1S/C6H13NOS/c1-3-4-5-9-6(8)7-2/h3-5H2,1-2H3,(H,7,8). The maximum atomic E-state index is 10.5. The summed E-state index contributed by atoms with van der Waals surface area (Å²) in [5.74, 6) is 0.941. The molecule has 1 amide bonds. The van der Waals surface area contributed by atoms with Crippen LogP contribution >= 0.6 is 11.8 Å². The van der Waals surface area contributed by atoms with Gasteiger partial charge in [-0.1, -0.05) is 25.1 Å². The molecule has 0 fully saturated rings. The molecule has 0 aliphatic carbocycles. The Morgan fingerprint density at radius 1 is 1.67 bits per heavy atom. The molecule has 0 unspecified atom stereocenters. The van der Waals surface area contributed by atoms with Crippen LogP contribution in [0.2, 0.25) is 0 Å². The molecule has 0 saturated heterocycles. The van der Waals surface area contributed by atoms with E-state index in [-0.39, 0.29) is 5.24 Å². The summed E-state index contributed by atoms with van der Waals surface area (Å²) in [6.07, 6.45) is 2.28. The van der Waals surface area contributed by atoms with Crippen molar-refractivity contribution < 1.29 is 4.79 Å². The number of unbranched alkanes of at least 4 members (excludes halogenated alkanes) is 1. The number of rotatable bonds is 3. The van der Waals surface area contributed by atoms with Gasteiger partial charge in [-0.25, -0.2) is 0 Å². The lowest BCUT2D eigenvalue weighted by molar-refractivity contribution is 0.262. The summed E-state index contributed by atoms with van der Waals surface area (Å²) < 4.78 is 0. The summed E-state index contributed by atoms with van der Waals surface area (Å²) >= 11 is 1.35. The zero-order chi connectivity index (χ0) is 7.11. The average molecular weight is 147 g/mol. The summed E-state index contributed by atoms with van der Waals surface area (Å²) in [6, 6.07) is 0. The van der Waals surface area contributed by atoms with Crippen LogP contribution in [-0.4, -0.2) is 18.0 Å². The Bertz CT molecular complexity index is 85.1. The Balaban J connectivity index is 2.97. The number of thioether (sulfide) groups is 1. The van der Waals surface area contributed by atoms with Crippen molar-refractivity contribution in [2.45, 2.75) is 19.8 Å². The average Bonchev–Trinajstić information content (AvgIpc) is 1.89. The molecule has 0 heterocycles. The lowest BCUT2D eigenvalue weighted by Crippen LogP contribution is -2.11. The second-order valence-electron chi connectivity index (χ2n) is 1.74. The Hall–Kier alpha value is -0.180. The highest BCUT2D eigenvalue weighted by atomic mass is 32.2. The first-order valence-electron chi connectivity index (χ1n) is 3.15. The highest BCUT2D eigenvalue weighted by Gasteiger charge is 1.94. The molecule has 9 heavy (non-hydrogen) atoms. The Morgan fingerprint density at radius 3 is 2.78 bits per heavy atom. The van der Waals surface area contributed by atoms with Crippen LogP contribution in [0.4, 0.5) is 4.79 Å². The minimum absolute atomic E-state index is 0.0726. The molecule has 2 nitrogen and oxygen atoms in total. The SMILES string of the molecule is CCCCSC(=O)NC. The summed E-state index contributed by atoms with van der Waals surface area (Å²) in [6.45, 7) is 2.12. The molecule has 0 atom stereocenters. The quantitative estimate of drug-likeness (QED) is 0.617. The van der Waals surface area contributed by atoms with E-state index in [0.29, 0.717) is 0 Å². The van der Waals surface area contributed by atoms with Gasteiger partial charge in [-0.15, -0.1) is 0 Å². The molecule has 0 aliphatic rings. The van der Waals surface area contributed by atoms with Crippen molar-refractivity contribution in [3.8, 4) is 0 Å². The van der Waals surface area contributed by atoms with Gasteiger partial charge in [-0.3, -0.25) is 4.79 Å². The molecule has 0 aliphatic heterocycles. The van der Waals surface area contributed by atoms with E-state index in [9.17, 15) is 4.79 Å². The summed E-state index contributed by atoms with van der Waals surface area (Å²) in [5, 5.41) is 2.62. The van der Waals surface area contributed by atoms with Gasteiger partial charge in [0.2, 0.25) is 0 Å². The first kappa shape index (κ1) is 8.82. The van der Waals surface area contributed by atoms with Crippen molar-refractivity contribution in [1.82, 2.24) is 5.32 Å². The largest absolute Gasteiger partial charge is 0.350 e. The van der Waals surface area contributed by atoms with Crippen molar-refractivity contribution in [3.63, 3.8) is 0 Å². The lowest BCUT2D eigenvalue weighted by atomic mass is 10.4. The van der Waals surface area contributed by atoms with E-state index in [1.807, 2.05) is 0 Å². The minimum atomic E-state index is 0.0726. The Kier molecular flexibility index (Phi) is 5.83. The Labute approximate surface area is 60.4 Å². The minimum Gasteiger partial charge on any atom is -0.350 e. The van der Waals surface area contributed by atoms with Gasteiger partial charge in [0, 0.05) is 12.8 Å². The van der Waals surface area contributed by atoms with Crippen LogP contribution in [0.15, 0.2) is 0 Å². The molecule has 0 aromatic carbocycles. The van der Waals surface area contributed by atoms with Gasteiger partial charge in [-0.2, -0.15) is 0 Å². The Morgan fingerprint density at radius 2 is 2.33 bits per heavy atom. The molecule has 0 saturated carbocycles. The molecule has 0 aromatic rings. The van der Waals surface area contributed by atoms with Crippen molar-refractivity contribution in [3.05, 3.63) is 0 Å². The second kappa shape index (κ2) is 5.95. The number of hydrogen-bond donors (Lipinski definition) is 1. The maximum Gasteiger partial charge on any atom is 0.278 e. The van der Waals surface area contributed by atoms with Gasteiger partial charge in [0.15, 0.2) is 0 Å². The van der Waals surface area contributed by atoms with Gasteiger partial charge in [0.1, 0.15) is 0 Å². The van der Waals surface area contributed by atoms with Gasteiger partial charge in [0.05, 0.1) is 0 Å². The predicted octanol–water partition coefficient (Wildman–Crippen LogP) is 1.86.